The Morgan fingerprint density at radius 3 is 2.64 bits per heavy atom. The smallest absolute Gasteiger partial charge is 0.195 e. The van der Waals surface area contributed by atoms with Crippen LogP contribution in [0, 0.1) is 0 Å². The molecular formula is C16H13BrN4S. The van der Waals surface area contributed by atoms with Crippen LogP contribution in [0.1, 0.15) is 11.1 Å². The first kappa shape index (κ1) is 15.0. The minimum absolute atomic E-state index is 0.775. The number of hydrogen-bond donors (Lipinski definition) is 0. The number of rotatable bonds is 5. The van der Waals surface area contributed by atoms with Crippen LogP contribution in [-0.2, 0) is 5.75 Å². The molecule has 0 bridgehead atoms. The van der Waals surface area contributed by atoms with Crippen LogP contribution in [0.5, 0.6) is 0 Å². The molecule has 0 atom stereocenters. The summed E-state index contributed by atoms with van der Waals surface area (Å²) in [4.78, 5) is 0. The maximum Gasteiger partial charge on any atom is 0.212 e. The maximum atomic E-state index is 4.41. The highest BCUT2D eigenvalue weighted by atomic mass is 79.9. The Kier molecular flexibility index (Phi) is 5.03. The quantitative estimate of drug-likeness (QED) is 0.497. The molecule has 0 fully saturated rings. The topological polar surface area (TPSA) is 43.1 Å². The van der Waals surface area contributed by atoms with Crippen LogP contribution in [0.2, 0.25) is 0 Å². The fraction of sp³-hybridized carbons (Fsp3) is 0.0625. The molecule has 4 nitrogen and oxygen atoms in total. The SMILES string of the molecule is Brc1ccc(/C=N\n2cnnc2SCc2ccccc2)cc1. The molecule has 0 aliphatic heterocycles. The average molecular weight is 373 g/mol. The minimum atomic E-state index is 0.775. The fourth-order valence-electron chi connectivity index (χ4n) is 1.79. The van der Waals surface area contributed by atoms with Gasteiger partial charge in [0.05, 0.1) is 6.21 Å². The summed E-state index contributed by atoms with van der Waals surface area (Å²) in [5.41, 5.74) is 2.27. The summed E-state index contributed by atoms with van der Waals surface area (Å²) in [6.07, 6.45) is 3.41. The highest BCUT2D eigenvalue weighted by Crippen LogP contribution is 2.20. The Labute approximate surface area is 141 Å². The molecule has 0 N–H and O–H groups in total. The van der Waals surface area contributed by atoms with Gasteiger partial charge in [-0.3, -0.25) is 0 Å². The van der Waals surface area contributed by atoms with E-state index in [-0.39, 0.29) is 0 Å². The monoisotopic (exact) mass is 372 g/mol. The molecule has 110 valence electrons. The van der Waals surface area contributed by atoms with Crippen molar-refractivity contribution < 1.29 is 0 Å². The molecule has 0 aliphatic rings. The molecule has 0 aliphatic carbocycles. The Balaban J connectivity index is 1.68. The van der Waals surface area contributed by atoms with Gasteiger partial charge in [-0.05, 0) is 23.3 Å². The Bertz CT molecular complexity index is 753. The predicted octanol–water partition coefficient (Wildman–Crippen LogP) is 4.22. The van der Waals surface area contributed by atoms with Gasteiger partial charge in [-0.1, -0.05) is 70.2 Å². The van der Waals surface area contributed by atoms with Gasteiger partial charge in [0.2, 0.25) is 5.16 Å². The van der Waals surface area contributed by atoms with Crippen molar-refractivity contribution in [1.29, 1.82) is 0 Å². The van der Waals surface area contributed by atoms with E-state index in [9.17, 15) is 0 Å². The molecule has 6 heteroatoms. The van der Waals surface area contributed by atoms with Crippen LogP contribution >= 0.6 is 27.7 Å². The summed E-state index contributed by atoms with van der Waals surface area (Å²) >= 11 is 5.03. The molecule has 1 heterocycles. The van der Waals surface area contributed by atoms with Crippen LogP contribution < -0.4 is 0 Å². The van der Waals surface area contributed by atoms with Crippen LogP contribution in [0.3, 0.4) is 0 Å². The van der Waals surface area contributed by atoms with E-state index in [1.807, 2.05) is 42.5 Å². The van der Waals surface area contributed by atoms with Gasteiger partial charge in [-0.2, -0.15) is 9.78 Å². The average Bonchev–Trinajstić information content (AvgIpc) is 3.01. The third-order valence-corrected chi connectivity index (χ3v) is 4.45. The van der Waals surface area contributed by atoms with E-state index < -0.39 is 0 Å². The third-order valence-electron chi connectivity index (χ3n) is 2.91. The van der Waals surface area contributed by atoms with Crippen molar-refractivity contribution in [2.45, 2.75) is 10.9 Å². The summed E-state index contributed by atoms with van der Waals surface area (Å²) in [6, 6.07) is 18.2. The molecule has 3 aromatic rings. The van der Waals surface area contributed by atoms with Crippen LogP contribution in [0.15, 0.2) is 75.7 Å². The van der Waals surface area contributed by atoms with E-state index in [0.29, 0.717) is 0 Å². The summed E-state index contributed by atoms with van der Waals surface area (Å²) in [7, 11) is 0. The van der Waals surface area contributed by atoms with Crippen molar-refractivity contribution in [2.24, 2.45) is 5.10 Å². The van der Waals surface area contributed by atoms with Gasteiger partial charge in [0.15, 0.2) is 0 Å². The first-order valence-electron chi connectivity index (χ1n) is 6.68. The lowest BCUT2D eigenvalue weighted by molar-refractivity contribution is 0.767. The molecule has 0 spiro atoms. The minimum Gasteiger partial charge on any atom is -0.195 e. The standard InChI is InChI=1S/C16H13BrN4S/c17-15-8-6-13(7-9-15)10-19-21-12-18-20-16(21)22-11-14-4-2-1-3-5-14/h1-10,12H,11H2/b19-10-. The van der Waals surface area contributed by atoms with E-state index in [4.69, 9.17) is 0 Å². The van der Waals surface area contributed by atoms with Crippen molar-refractivity contribution in [3.63, 3.8) is 0 Å². The first-order valence-corrected chi connectivity index (χ1v) is 8.46. The predicted molar refractivity (Wildman–Crippen MR) is 93.2 cm³/mol. The van der Waals surface area contributed by atoms with Crippen molar-refractivity contribution in [1.82, 2.24) is 14.9 Å². The van der Waals surface area contributed by atoms with E-state index >= 15 is 0 Å². The zero-order valence-electron chi connectivity index (χ0n) is 11.6. The van der Waals surface area contributed by atoms with Gasteiger partial charge in [0, 0.05) is 10.2 Å². The van der Waals surface area contributed by atoms with E-state index in [1.54, 1.807) is 29.0 Å². The van der Waals surface area contributed by atoms with Gasteiger partial charge >= 0.3 is 0 Å². The fourth-order valence-corrected chi connectivity index (χ4v) is 2.88. The number of thioether (sulfide) groups is 1. The van der Waals surface area contributed by atoms with Crippen LogP contribution in [0.4, 0.5) is 0 Å². The van der Waals surface area contributed by atoms with Crippen LogP contribution in [-0.4, -0.2) is 21.1 Å². The highest BCUT2D eigenvalue weighted by Gasteiger charge is 2.04. The summed E-state index contributed by atoms with van der Waals surface area (Å²) in [6.45, 7) is 0. The Morgan fingerprint density at radius 2 is 1.86 bits per heavy atom. The number of aromatic nitrogens is 3. The molecule has 0 saturated heterocycles. The number of hydrogen-bond acceptors (Lipinski definition) is 4. The van der Waals surface area contributed by atoms with Gasteiger partial charge in [-0.15, -0.1) is 10.2 Å². The molecular weight excluding hydrogens is 360 g/mol. The second-order valence-electron chi connectivity index (χ2n) is 4.53. The molecule has 0 radical (unpaired) electrons. The second-order valence-corrected chi connectivity index (χ2v) is 6.39. The number of benzene rings is 2. The molecule has 0 saturated carbocycles. The van der Waals surface area contributed by atoms with Gasteiger partial charge in [-0.25, -0.2) is 0 Å². The van der Waals surface area contributed by atoms with Crippen molar-refractivity contribution in [2.75, 3.05) is 0 Å². The van der Waals surface area contributed by atoms with E-state index in [1.165, 1.54) is 5.56 Å². The molecule has 1 aromatic heterocycles. The lowest BCUT2D eigenvalue weighted by Gasteiger charge is -2.01. The molecule has 0 unspecified atom stereocenters. The van der Waals surface area contributed by atoms with E-state index in [2.05, 4.69) is 43.4 Å². The normalized spacial score (nSPS) is 11.1. The summed E-state index contributed by atoms with van der Waals surface area (Å²) in [5, 5.41) is 13.2. The lowest BCUT2D eigenvalue weighted by Crippen LogP contribution is -1.92. The van der Waals surface area contributed by atoms with E-state index in [0.717, 1.165) is 20.9 Å². The van der Waals surface area contributed by atoms with Gasteiger partial charge in [0.1, 0.15) is 6.33 Å². The molecule has 2 aromatic carbocycles. The lowest BCUT2D eigenvalue weighted by atomic mass is 10.2. The largest absolute Gasteiger partial charge is 0.212 e. The maximum absolute atomic E-state index is 4.41. The first-order chi connectivity index (χ1) is 10.8. The Morgan fingerprint density at radius 1 is 1.09 bits per heavy atom. The zero-order chi connectivity index (χ0) is 15.2. The molecule has 22 heavy (non-hydrogen) atoms. The van der Waals surface area contributed by atoms with Gasteiger partial charge < -0.3 is 0 Å². The third kappa shape index (κ3) is 4.05. The van der Waals surface area contributed by atoms with Crippen LogP contribution in [0.25, 0.3) is 0 Å². The van der Waals surface area contributed by atoms with Crippen molar-refractivity contribution in [3.8, 4) is 0 Å². The van der Waals surface area contributed by atoms with Gasteiger partial charge in [0.25, 0.3) is 0 Å². The zero-order valence-corrected chi connectivity index (χ0v) is 14.0. The summed E-state index contributed by atoms with van der Waals surface area (Å²) in [5.74, 6) is 0.841. The molecule has 0 amide bonds. The number of halogens is 1. The van der Waals surface area contributed by atoms with Crippen molar-refractivity contribution >= 4 is 33.9 Å². The second kappa shape index (κ2) is 7.38. The Hall–Kier alpha value is -1.92. The molecule has 3 rings (SSSR count). The summed E-state index contributed by atoms with van der Waals surface area (Å²) < 4.78 is 2.74. The van der Waals surface area contributed by atoms with Crippen molar-refractivity contribution in [3.05, 3.63) is 76.5 Å². The highest BCUT2D eigenvalue weighted by molar-refractivity contribution is 9.10. The number of nitrogens with zero attached hydrogens (tertiary/aromatic N) is 4.